The Morgan fingerprint density at radius 1 is 0.625 bits per heavy atom. The SMILES string of the molecule is CC1=Cc2c(-c3cccc4ccccc34)cccc2[CH]1[Zr+2]([CH]1C(C(C)C)=Cc2c(-c3ccc(C(C)(C)C)cc3)cccc21)=[Si](C)C.[Cl-].[Cl-]. The molecule has 48 heavy (non-hydrogen) atoms. The molecule has 0 heterocycles. The van der Waals surface area contributed by atoms with Gasteiger partial charge >= 0.3 is 286 Å². The van der Waals surface area contributed by atoms with Crippen LogP contribution in [0.5, 0.6) is 0 Å². The van der Waals surface area contributed by atoms with Gasteiger partial charge in [0.05, 0.1) is 0 Å². The van der Waals surface area contributed by atoms with E-state index in [1.54, 1.807) is 22.3 Å². The molecule has 0 aromatic heterocycles. The largest absolute Gasteiger partial charge is 1.00 e. The fourth-order valence-electron chi connectivity index (χ4n) is 8.08. The van der Waals surface area contributed by atoms with Gasteiger partial charge < -0.3 is 24.8 Å². The summed E-state index contributed by atoms with van der Waals surface area (Å²) in [5, 5.41) is 2.66. The summed E-state index contributed by atoms with van der Waals surface area (Å²) in [6.07, 6.45) is 5.20. The first-order chi connectivity index (χ1) is 22.0. The van der Waals surface area contributed by atoms with Crippen LogP contribution in [-0.4, -0.2) is 5.43 Å². The van der Waals surface area contributed by atoms with Crippen molar-refractivity contribution < 1.29 is 45.2 Å². The fraction of sp³-hybridized carbons (Fsp3) is 0.273. The summed E-state index contributed by atoms with van der Waals surface area (Å²) in [5.74, 6) is 0.539. The molecule has 0 bridgehead atoms. The van der Waals surface area contributed by atoms with Gasteiger partial charge in [-0.15, -0.1) is 0 Å². The molecular weight excluding hydrogens is 719 g/mol. The van der Waals surface area contributed by atoms with E-state index in [4.69, 9.17) is 0 Å². The first-order valence-electron chi connectivity index (χ1n) is 17.0. The quantitative estimate of drug-likeness (QED) is 0.177. The molecule has 0 spiro atoms. The van der Waals surface area contributed by atoms with Gasteiger partial charge in [0.25, 0.3) is 0 Å². The first kappa shape index (κ1) is 36.8. The van der Waals surface area contributed by atoms with E-state index in [0.717, 1.165) is 0 Å². The van der Waals surface area contributed by atoms with Crippen molar-refractivity contribution in [3.05, 3.63) is 142 Å². The summed E-state index contributed by atoms with van der Waals surface area (Å²) < 4.78 is 1.24. The summed E-state index contributed by atoms with van der Waals surface area (Å²) in [7, 11) is 0. The van der Waals surface area contributed by atoms with Crippen molar-refractivity contribution in [2.24, 2.45) is 5.92 Å². The van der Waals surface area contributed by atoms with Crippen molar-refractivity contribution in [3.63, 3.8) is 0 Å². The zero-order valence-corrected chi connectivity index (χ0v) is 34.4. The third kappa shape index (κ3) is 6.44. The van der Waals surface area contributed by atoms with Gasteiger partial charge in [0.15, 0.2) is 0 Å². The molecule has 2 aliphatic rings. The van der Waals surface area contributed by atoms with Gasteiger partial charge in [-0.1, -0.05) is 0 Å². The van der Waals surface area contributed by atoms with Crippen molar-refractivity contribution in [1.29, 1.82) is 0 Å². The van der Waals surface area contributed by atoms with Crippen LogP contribution in [0.3, 0.4) is 0 Å². The molecule has 2 atom stereocenters. The predicted octanol–water partition coefficient (Wildman–Crippen LogP) is 6.60. The second-order valence-electron chi connectivity index (χ2n) is 15.0. The van der Waals surface area contributed by atoms with E-state index in [1.807, 2.05) is 0 Å². The molecule has 244 valence electrons. The summed E-state index contributed by atoms with van der Waals surface area (Å²) in [6.45, 7) is 19.5. The predicted molar refractivity (Wildman–Crippen MR) is 199 cm³/mol. The number of hydrogen-bond donors (Lipinski definition) is 0. The van der Waals surface area contributed by atoms with Crippen LogP contribution in [0.4, 0.5) is 0 Å². The second-order valence-corrected chi connectivity index (χ2v) is 32.8. The maximum Gasteiger partial charge on any atom is -1.00 e. The minimum Gasteiger partial charge on any atom is -1.00 e. The van der Waals surface area contributed by atoms with Crippen molar-refractivity contribution in [2.45, 2.75) is 67.3 Å². The van der Waals surface area contributed by atoms with E-state index in [9.17, 15) is 0 Å². The monoisotopic (exact) mass is 762 g/mol. The normalized spacial score (nSPS) is 16.2. The maximum absolute atomic E-state index is 2.64. The van der Waals surface area contributed by atoms with Crippen LogP contribution in [0, 0.1) is 5.92 Å². The van der Waals surface area contributed by atoms with Gasteiger partial charge in [-0.25, -0.2) is 0 Å². The third-order valence-electron chi connectivity index (χ3n) is 10.4. The van der Waals surface area contributed by atoms with E-state index in [1.165, 1.54) is 49.7 Å². The van der Waals surface area contributed by atoms with Crippen LogP contribution >= 0.6 is 0 Å². The standard InChI is InChI=1S/C22H25.C20H15.C2H6Si.2ClH.Zr/c1-15(2)18-13-17-7-6-8-20(21(17)14-18)16-9-11-19(12-10-16)22(3,4)5;1-14-12-16-8-5-11-19(20(16)13-14)18-10-4-7-15-6-2-3-9-17(15)18;1-3-2;;;/h6-15H,1-5H3;2-13H,1H3;1-2H3;2*1H;/q;;;;;+2/p-2. The Balaban J connectivity index is 0.00000225. The Morgan fingerprint density at radius 3 is 1.83 bits per heavy atom. The van der Waals surface area contributed by atoms with Gasteiger partial charge in [-0.3, -0.25) is 0 Å². The molecule has 0 fully saturated rings. The van der Waals surface area contributed by atoms with Crippen molar-refractivity contribution in [3.8, 4) is 22.3 Å². The average molecular weight is 765 g/mol. The zero-order valence-electron chi connectivity index (χ0n) is 29.5. The molecule has 0 nitrogen and oxygen atoms in total. The Morgan fingerprint density at radius 2 is 1.19 bits per heavy atom. The minimum absolute atomic E-state index is 0. The van der Waals surface area contributed by atoms with E-state index in [-0.39, 0.29) is 30.2 Å². The number of allylic oxidation sites excluding steroid dienone is 2. The molecular formula is C44H46Cl2SiZr. The number of hydrogen-bond acceptors (Lipinski definition) is 0. The summed E-state index contributed by atoms with van der Waals surface area (Å²) in [5.41, 5.74) is 16.0. The zero-order chi connectivity index (χ0) is 32.3. The molecule has 0 N–H and O–H groups in total. The van der Waals surface area contributed by atoms with E-state index < -0.39 is 25.8 Å². The molecule has 0 amide bonds. The van der Waals surface area contributed by atoms with Crippen molar-refractivity contribution in [2.75, 3.05) is 0 Å². The third-order valence-corrected chi connectivity index (χ3v) is 30.0. The van der Waals surface area contributed by atoms with Crippen molar-refractivity contribution in [1.82, 2.24) is 0 Å². The molecule has 2 unspecified atom stereocenters. The summed E-state index contributed by atoms with van der Waals surface area (Å²) >= 11 is -2.22. The van der Waals surface area contributed by atoms with Crippen LogP contribution in [-0.2, 0) is 25.8 Å². The average Bonchev–Trinajstić information content (AvgIpc) is 3.58. The van der Waals surface area contributed by atoms with Gasteiger partial charge in [0, 0.05) is 0 Å². The number of rotatable bonds is 5. The van der Waals surface area contributed by atoms with E-state index in [2.05, 4.69) is 170 Å². The molecule has 7 rings (SSSR count). The Kier molecular flexibility index (Phi) is 11.0. The minimum atomic E-state index is -2.22. The maximum atomic E-state index is 2.64. The van der Waals surface area contributed by atoms with Crippen LogP contribution in [0.15, 0.2) is 114 Å². The van der Waals surface area contributed by atoms with Gasteiger partial charge in [-0.2, -0.15) is 0 Å². The Labute approximate surface area is 308 Å². The van der Waals surface area contributed by atoms with Gasteiger partial charge in [-0.05, 0) is 0 Å². The Bertz CT molecular complexity index is 2080. The summed E-state index contributed by atoms with van der Waals surface area (Å²) in [4.78, 5) is 0. The molecule has 0 radical (unpaired) electrons. The van der Waals surface area contributed by atoms with E-state index in [0.29, 0.717) is 13.2 Å². The van der Waals surface area contributed by atoms with Crippen molar-refractivity contribution >= 4 is 28.4 Å². The number of benzene rings is 5. The van der Waals surface area contributed by atoms with E-state index >= 15 is 0 Å². The van der Waals surface area contributed by atoms with Crippen LogP contribution in [0.2, 0.25) is 13.1 Å². The topological polar surface area (TPSA) is 0 Å². The van der Waals surface area contributed by atoms with Gasteiger partial charge in [0.2, 0.25) is 0 Å². The van der Waals surface area contributed by atoms with Gasteiger partial charge in [0.1, 0.15) is 0 Å². The molecule has 5 aromatic carbocycles. The molecule has 0 saturated carbocycles. The smallest absolute Gasteiger partial charge is 1.00 e. The van der Waals surface area contributed by atoms with Crippen LogP contribution in [0.25, 0.3) is 45.2 Å². The molecule has 4 heteroatoms. The number of fused-ring (bicyclic) bond motifs is 3. The molecule has 2 aliphatic carbocycles. The second kappa shape index (κ2) is 14.4. The van der Waals surface area contributed by atoms with Crippen LogP contribution in [0.1, 0.15) is 76.6 Å². The molecule has 0 aliphatic heterocycles. The summed E-state index contributed by atoms with van der Waals surface area (Å²) in [6, 6.07) is 39.4. The first-order valence-corrected chi connectivity index (χ1v) is 26.0. The Hall–Kier alpha value is -2.48. The fourth-order valence-corrected chi connectivity index (χ4v) is 28.9. The molecule has 0 saturated heterocycles. The number of halogens is 2. The van der Waals surface area contributed by atoms with Crippen LogP contribution < -0.4 is 24.8 Å². The molecule has 5 aromatic rings.